The summed E-state index contributed by atoms with van der Waals surface area (Å²) < 4.78 is 24.0. The summed E-state index contributed by atoms with van der Waals surface area (Å²) >= 11 is 5.97. The number of rotatable bonds is 3. The molecule has 0 spiro atoms. The summed E-state index contributed by atoms with van der Waals surface area (Å²) in [6.07, 6.45) is 4.34. The summed E-state index contributed by atoms with van der Waals surface area (Å²) in [6.45, 7) is 0.493. The topological polar surface area (TPSA) is 46.2 Å². The van der Waals surface area contributed by atoms with Crippen LogP contribution in [0.4, 0.5) is 0 Å². The molecule has 1 rings (SSSR count). The maximum Gasteiger partial charge on any atom is 0.208 e. The molecule has 0 radical (unpaired) electrons. The number of halogens is 1. The molecular weight excluding hydrogens is 198 g/mol. The molecule has 72 valence electrons. The van der Waals surface area contributed by atoms with Gasteiger partial charge in [-0.15, -0.1) is 11.6 Å². The Hall–Kier alpha value is 0.200. The molecule has 12 heavy (non-hydrogen) atoms. The van der Waals surface area contributed by atoms with Crippen molar-refractivity contribution >= 4 is 21.6 Å². The third kappa shape index (κ3) is 3.29. The summed E-state index contributed by atoms with van der Waals surface area (Å²) in [5.74, 6) is 0.321. The van der Waals surface area contributed by atoms with Crippen molar-refractivity contribution < 1.29 is 8.42 Å². The van der Waals surface area contributed by atoms with Gasteiger partial charge in [0.1, 0.15) is 0 Å². The van der Waals surface area contributed by atoms with E-state index in [2.05, 4.69) is 4.72 Å². The maximum atomic E-state index is 10.7. The monoisotopic (exact) mass is 211 g/mol. The highest BCUT2D eigenvalue weighted by atomic mass is 35.5. The number of hydrogen-bond acceptors (Lipinski definition) is 2. The molecular formula is C7H14ClNO2S. The fraction of sp³-hybridized carbons (Fsp3) is 1.00. The van der Waals surface area contributed by atoms with E-state index >= 15 is 0 Å². The first-order valence-electron chi connectivity index (χ1n) is 4.08. The van der Waals surface area contributed by atoms with Gasteiger partial charge in [0, 0.05) is 11.9 Å². The Morgan fingerprint density at radius 2 is 2.17 bits per heavy atom. The van der Waals surface area contributed by atoms with E-state index in [1.54, 1.807) is 0 Å². The SMILES string of the molecule is CS(=O)(=O)NCC1CCCC1Cl. The Morgan fingerprint density at radius 1 is 1.50 bits per heavy atom. The van der Waals surface area contributed by atoms with E-state index in [1.807, 2.05) is 0 Å². The quantitative estimate of drug-likeness (QED) is 0.707. The van der Waals surface area contributed by atoms with Gasteiger partial charge in [0.2, 0.25) is 10.0 Å². The highest BCUT2D eigenvalue weighted by molar-refractivity contribution is 7.88. The summed E-state index contributed by atoms with van der Waals surface area (Å²) in [7, 11) is -3.04. The van der Waals surface area contributed by atoms with E-state index in [9.17, 15) is 8.42 Å². The Bertz CT molecular complexity index is 240. The molecule has 0 amide bonds. The maximum absolute atomic E-state index is 10.7. The lowest BCUT2D eigenvalue weighted by molar-refractivity contribution is 0.526. The van der Waals surface area contributed by atoms with Gasteiger partial charge >= 0.3 is 0 Å². The molecule has 5 heteroatoms. The van der Waals surface area contributed by atoms with Crippen molar-refractivity contribution in [1.29, 1.82) is 0 Å². The molecule has 0 aliphatic heterocycles. The molecule has 1 N–H and O–H groups in total. The van der Waals surface area contributed by atoms with Crippen LogP contribution in [-0.2, 0) is 10.0 Å². The van der Waals surface area contributed by atoms with Crippen molar-refractivity contribution in [3.63, 3.8) is 0 Å². The Morgan fingerprint density at radius 3 is 2.58 bits per heavy atom. The van der Waals surface area contributed by atoms with Crippen LogP contribution in [0.15, 0.2) is 0 Å². The van der Waals surface area contributed by atoms with Gasteiger partial charge in [-0.1, -0.05) is 6.42 Å². The van der Waals surface area contributed by atoms with Gasteiger partial charge < -0.3 is 0 Å². The van der Waals surface area contributed by atoms with Crippen molar-refractivity contribution in [2.24, 2.45) is 5.92 Å². The largest absolute Gasteiger partial charge is 0.215 e. The van der Waals surface area contributed by atoms with E-state index in [0.29, 0.717) is 12.5 Å². The molecule has 3 nitrogen and oxygen atoms in total. The lowest BCUT2D eigenvalue weighted by Crippen LogP contribution is -2.30. The lowest BCUT2D eigenvalue weighted by Gasteiger charge is -2.12. The van der Waals surface area contributed by atoms with Crippen molar-refractivity contribution in [3.05, 3.63) is 0 Å². The van der Waals surface area contributed by atoms with E-state index < -0.39 is 10.0 Å². The highest BCUT2D eigenvalue weighted by Crippen LogP contribution is 2.29. The number of hydrogen-bond donors (Lipinski definition) is 1. The standard InChI is InChI=1S/C7H14ClNO2S/c1-12(10,11)9-5-6-3-2-4-7(6)8/h6-7,9H,2-5H2,1H3. The minimum Gasteiger partial charge on any atom is -0.215 e. The van der Waals surface area contributed by atoms with E-state index in [0.717, 1.165) is 19.3 Å². The van der Waals surface area contributed by atoms with E-state index in [1.165, 1.54) is 6.26 Å². The van der Waals surface area contributed by atoms with Crippen LogP contribution in [0.25, 0.3) is 0 Å². The molecule has 0 aromatic carbocycles. The summed E-state index contributed by atoms with van der Waals surface area (Å²) in [5, 5.41) is 0.152. The fourth-order valence-corrected chi connectivity index (χ4v) is 2.37. The van der Waals surface area contributed by atoms with Crippen molar-refractivity contribution in [2.75, 3.05) is 12.8 Å². The van der Waals surface area contributed by atoms with Crippen LogP contribution in [0.5, 0.6) is 0 Å². The van der Waals surface area contributed by atoms with Gasteiger partial charge in [0.15, 0.2) is 0 Å². The first-order chi connectivity index (χ1) is 5.49. The van der Waals surface area contributed by atoms with Crippen LogP contribution < -0.4 is 4.72 Å². The van der Waals surface area contributed by atoms with Gasteiger partial charge in [-0.25, -0.2) is 13.1 Å². The predicted octanol–water partition coefficient (Wildman–Crippen LogP) is 0.943. The minimum absolute atomic E-state index is 0.152. The molecule has 0 heterocycles. The zero-order valence-corrected chi connectivity index (χ0v) is 8.66. The molecule has 0 aromatic rings. The molecule has 1 fully saturated rings. The number of sulfonamides is 1. The average molecular weight is 212 g/mol. The predicted molar refractivity (Wildman–Crippen MR) is 49.8 cm³/mol. The third-order valence-electron chi connectivity index (χ3n) is 2.17. The van der Waals surface area contributed by atoms with Crippen molar-refractivity contribution in [1.82, 2.24) is 4.72 Å². The van der Waals surface area contributed by atoms with Gasteiger partial charge in [-0.2, -0.15) is 0 Å². The summed E-state index contributed by atoms with van der Waals surface area (Å²) in [5.41, 5.74) is 0. The highest BCUT2D eigenvalue weighted by Gasteiger charge is 2.25. The smallest absolute Gasteiger partial charge is 0.208 e. The zero-order valence-electron chi connectivity index (χ0n) is 7.09. The Kier molecular flexibility index (Phi) is 3.37. The third-order valence-corrected chi connectivity index (χ3v) is 3.44. The number of alkyl halides is 1. The second kappa shape index (κ2) is 3.94. The second-order valence-corrected chi connectivity index (χ2v) is 5.72. The van der Waals surface area contributed by atoms with Crippen LogP contribution in [0.1, 0.15) is 19.3 Å². The molecule has 1 aliphatic rings. The van der Waals surface area contributed by atoms with Crippen LogP contribution in [0, 0.1) is 5.92 Å². The molecule has 0 aromatic heterocycles. The van der Waals surface area contributed by atoms with Crippen LogP contribution >= 0.6 is 11.6 Å². The lowest BCUT2D eigenvalue weighted by atomic mass is 10.1. The van der Waals surface area contributed by atoms with Gasteiger partial charge in [0.05, 0.1) is 6.26 Å². The molecule has 1 aliphatic carbocycles. The Balaban J connectivity index is 2.32. The summed E-state index contributed by atoms with van der Waals surface area (Å²) in [6, 6.07) is 0. The van der Waals surface area contributed by atoms with Crippen LogP contribution in [0.2, 0.25) is 0 Å². The molecule has 2 atom stereocenters. The molecule has 2 unspecified atom stereocenters. The zero-order chi connectivity index (χ0) is 9.19. The molecule has 1 saturated carbocycles. The molecule has 0 saturated heterocycles. The fourth-order valence-electron chi connectivity index (χ4n) is 1.48. The van der Waals surface area contributed by atoms with Crippen LogP contribution in [-0.4, -0.2) is 26.6 Å². The second-order valence-electron chi connectivity index (χ2n) is 3.33. The van der Waals surface area contributed by atoms with E-state index in [-0.39, 0.29) is 5.38 Å². The normalized spacial score (nSPS) is 30.8. The first kappa shape index (κ1) is 10.3. The first-order valence-corrected chi connectivity index (χ1v) is 6.40. The van der Waals surface area contributed by atoms with Gasteiger partial charge in [0.25, 0.3) is 0 Å². The van der Waals surface area contributed by atoms with Crippen molar-refractivity contribution in [3.8, 4) is 0 Å². The number of nitrogens with one attached hydrogen (secondary N) is 1. The average Bonchev–Trinajstić information content (AvgIpc) is 2.29. The van der Waals surface area contributed by atoms with Crippen LogP contribution in [0.3, 0.4) is 0 Å². The summed E-state index contributed by atoms with van der Waals surface area (Å²) in [4.78, 5) is 0. The van der Waals surface area contributed by atoms with E-state index in [4.69, 9.17) is 11.6 Å². The molecule has 0 bridgehead atoms. The minimum atomic E-state index is -3.04. The van der Waals surface area contributed by atoms with Gasteiger partial charge in [-0.05, 0) is 18.8 Å². The van der Waals surface area contributed by atoms with Crippen molar-refractivity contribution in [2.45, 2.75) is 24.6 Å². The Labute approximate surface area is 78.5 Å². The van der Waals surface area contributed by atoms with Gasteiger partial charge in [-0.3, -0.25) is 0 Å².